The Morgan fingerprint density at radius 3 is 2.50 bits per heavy atom. The fraction of sp³-hybridized carbons (Fsp3) is 0.231. The molecular formula is C13H12ClN2O2-. The van der Waals surface area contributed by atoms with Crippen LogP contribution in [0.2, 0.25) is 5.02 Å². The van der Waals surface area contributed by atoms with E-state index < -0.39 is 5.97 Å². The molecule has 94 valence electrons. The average Bonchev–Trinajstić information content (AvgIpc) is 2.67. The molecule has 2 rings (SSSR count). The lowest BCUT2D eigenvalue weighted by Crippen LogP contribution is -2.26. The fourth-order valence-electron chi connectivity index (χ4n) is 2.00. The number of rotatable bonds is 3. The van der Waals surface area contributed by atoms with Gasteiger partial charge < -0.3 is 9.90 Å². The largest absolute Gasteiger partial charge is 0.543 e. The monoisotopic (exact) mass is 263 g/mol. The van der Waals surface area contributed by atoms with E-state index >= 15 is 0 Å². The van der Waals surface area contributed by atoms with Crippen molar-refractivity contribution in [2.75, 3.05) is 0 Å². The molecule has 0 radical (unpaired) electrons. The molecule has 5 heteroatoms. The normalized spacial score (nSPS) is 10.6. The van der Waals surface area contributed by atoms with Gasteiger partial charge in [0.15, 0.2) is 0 Å². The van der Waals surface area contributed by atoms with Gasteiger partial charge >= 0.3 is 0 Å². The van der Waals surface area contributed by atoms with E-state index in [0.29, 0.717) is 22.7 Å². The highest BCUT2D eigenvalue weighted by Gasteiger charge is 2.16. The number of benzene rings is 1. The molecule has 1 heterocycles. The number of carboxylic acids is 1. The summed E-state index contributed by atoms with van der Waals surface area (Å²) in [6.07, 6.45) is 0.578. The highest BCUT2D eigenvalue weighted by atomic mass is 35.5. The molecule has 0 unspecified atom stereocenters. The summed E-state index contributed by atoms with van der Waals surface area (Å²) < 4.78 is 1.35. The first-order valence-electron chi connectivity index (χ1n) is 5.57. The van der Waals surface area contributed by atoms with Gasteiger partial charge in [-0.05, 0) is 18.6 Å². The number of carbonyl (C=O) groups is 1. The molecule has 0 atom stereocenters. The van der Waals surface area contributed by atoms with Gasteiger partial charge in [0.05, 0.1) is 17.4 Å². The van der Waals surface area contributed by atoms with Gasteiger partial charge in [-0.3, -0.25) is 4.68 Å². The SMILES string of the molecule is CCc1c(-c2ccc(Cl)cc2)nn(C)c1C(=O)[O-]. The van der Waals surface area contributed by atoms with Crippen LogP contribution in [0.25, 0.3) is 11.3 Å². The third kappa shape index (κ3) is 2.11. The number of aryl methyl sites for hydroxylation is 1. The lowest BCUT2D eigenvalue weighted by Gasteiger charge is -2.05. The van der Waals surface area contributed by atoms with Crippen molar-refractivity contribution in [1.82, 2.24) is 9.78 Å². The van der Waals surface area contributed by atoms with Gasteiger partial charge in [-0.25, -0.2) is 0 Å². The third-order valence-corrected chi connectivity index (χ3v) is 3.06. The Morgan fingerprint density at radius 1 is 1.39 bits per heavy atom. The highest BCUT2D eigenvalue weighted by Crippen LogP contribution is 2.26. The van der Waals surface area contributed by atoms with E-state index in [-0.39, 0.29) is 5.69 Å². The van der Waals surface area contributed by atoms with E-state index in [1.807, 2.05) is 19.1 Å². The van der Waals surface area contributed by atoms with Crippen LogP contribution in [0.5, 0.6) is 0 Å². The van der Waals surface area contributed by atoms with Crippen molar-refractivity contribution in [2.45, 2.75) is 13.3 Å². The zero-order chi connectivity index (χ0) is 13.3. The zero-order valence-electron chi connectivity index (χ0n) is 10.1. The van der Waals surface area contributed by atoms with Gasteiger partial charge in [0.25, 0.3) is 0 Å². The molecule has 18 heavy (non-hydrogen) atoms. The Hall–Kier alpha value is -1.81. The summed E-state index contributed by atoms with van der Waals surface area (Å²) in [7, 11) is 1.60. The van der Waals surface area contributed by atoms with Gasteiger partial charge in [-0.1, -0.05) is 30.7 Å². The Labute approximate surface area is 110 Å². The molecular weight excluding hydrogens is 252 g/mol. The summed E-state index contributed by atoms with van der Waals surface area (Å²) in [6, 6.07) is 7.15. The zero-order valence-corrected chi connectivity index (χ0v) is 10.9. The number of hydrogen-bond acceptors (Lipinski definition) is 3. The lowest BCUT2D eigenvalue weighted by molar-refractivity contribution is -0.255. The molecule has 1 aromatic carbocycles. The second-order valence-corrected chi connectivity index (χ2v) is 4.38. The number of aromatic nitrogens is 2. The molecule has 0 aliphatic carbocycles. The summed E-state index contributed by atoms with van der Waals surface area (Å²) >= 11 is 5.83. The molecule has 0 spiro atoms. The summed E-state index contributed by atoms with van der Waals surface area (Å²) in [6.45, 7) is 1.89. The van der Waals surface area contributed by atoms with E-state index in [1.165, 1.54) is 4.68 Å². The maximum Gasteiger partial charge on any atom is 0.0961 e. The van der Waals surface area contributed by atoms with Crippen LogP contribution in [-0.4, -0.2) is 15.7 Å². The molecule has 0 saturated carbocycles. The van der Waals surface area contributed by atoms with Crippen LogP contribution in [0.15, 0.2) is 24.3 Å². The lowest BCUT2D eigenvalue weighted by atomic mass is 10.0. The number of hydrogen-bond donors (Lipinski definition) is 0. The number of carboxylic acid groups (broad SMARTS) is 1. The number of halogens is 1. The summed E-state index contributed by atoms with van der Waals surface area (Å²) in [5.41, 5.74) is 2.32. The Morgan fingerprint density at radius 2 is 2.00 bits per heavy atom. The van der Waals surface area contributed by atoms with Crippen molar-refractivity contribution in [1.29, 1.82) is 0 Å². The highest BCUT2D eigenvalue weighted by molar-refractivity contribution is 6.30. The quantitative estimate of drug-likeness (QED) is 0.846. The molecule has 2 aromatic rings. The average molecular weight is 264 g/mol. The van der Waals surface area contributed by atoms with Crippen LogP contribution in [0.4, 0.5) is 0 Å². The van der Waals surface area contributed by atoms with Gasteiger partial charge in [0.1, 0.15) is 0 Å². The van der Waals surface area contributed by atoms with Gasteiger partial charge in [0, 0.05) is 23.2 Å². The van der Waals surface area contributed by atoms with Gasteiger partial charge in [-0.2, -0.15) is 5.10 Å². The van der Waals surface area contributed by atoms with Crippen molar-refractivity contribution in [3.63, 3.8) is 0 Å². The van der Waals surface area contributed by atoms with Crippen molar-refractivity contribution >= 4 is 17.6 Å². The van der Waals surface area contributed by atoms with Gasteiger partial charge in [0.2, 0.25) is 0 Å². The maximum atomic E-state index is 11.1. The van der Waals surface area contributed by atoms with E-state index in [9.17, 15) is 9.90 Å². The molecule has 0 aliphatic heterocycles. The molecule has 1 aromatic heterocycles. The molecule has 0 saturated heterocycles. The van der Waals surface area contributed by atoms with Crippen molar-refractivity contribution < 1.29 is 9.90 Å². The summed E-state index contributed by atoms with van der Waals surface area (Å²) in [5.74, 6) is -1.21. The minimum atomic E-state index is -1.21. The Kier molecular flexibility index (Phi) is 3.39. The summed E-state index contributed by atoms with van der Waals surface area (Å²) in [5, 5.41) is 16.0. The van der Waals surface area contributed by atoms with E-state index in [1.54, 1.807) is 19.2 Å². The van der Waals surface area contributed by atoms with Crippen LogP contribution >= 0.6 is 11.6 Å². The van der Waals surface area contributed by atoms with Crippen molar-refractivity contribution in [3.8, 4) is 11.3 Å². The topological polar surface area (TPSA) is 58.0 Å². The summed E-state index contributed by atoms with van der Waals surface area (Å²) in [4.78, 5) is 11.1. The van der Waals surface area contributed by atoms with E-state index in [2.05, 4.69) is 5.10 Å². The molecule has 0 amide bonds. The van der Waals surface area contributed by atoms with Crippen molar-refractivity contribution in [2.24, 2.45) is 7.05 Å². The smallest absolute Gasteiger partial charge is 0.0961 e. The van der Waals surface area contributed by atoms with Crippen LogP contribution in [0.3, 0.4) is 0 Å². The van der Waals surface area contributed by atoms with Crippen LogP contribution in [0, 0.1) is 0 Å². The third-order valence-electron chi connectivity index (χ3n) is 2.81. The van der Waals surface area contributed by atoms with Crippen LogP contribution < -0.4 is 5.11 Å². The molecule has 0 bridgehead atoms. The van der Waals surface area contributed by atoms with E-state index in [0.717, 1.165) is 5.56 Å². The fourth-order valence-corrected chi connectivity index (χ4v) is 2.12. The number of aromatic carboxylic acids is 1. The minimum Gasteiger partial charge on any atom is -0.543 e. The maximum absolute atomic E-state index is 11.1. The number of carbonyl (C=O) groups excluding carboxylic acids is 1. The second kappa shape index (κ2) is 4.82. The first-order chi connectivity index (χ1) is 8.54. The predicted molar refractivity (Wildman–Crippen MR) is 67.4 cm³/mol. The molecule has 0 aliphatic rings. The van der Waals surface area contributed by atoms with Crippen LogP contribution in [0.1, 0.15) is 23.0 Å². The van der Waals surface area contributed by atoms with Crippen molar-refractivity contribution in [3.05, 3.63) is 40.5 Å². The second-order valence-electron chi connectivity index (χ2n) is 3.95. The van der Waals surface area contributed by atoms with Crippen LogP contribution in [-0.2, 0) is 13.5 Å². The minimum absolute atomic E-state index is 0.127. The number of nitrogens with zero attached hydrogens (tertiary/aromatic N) is 2. The Bertz CT molecular complexity index is 588. The predicted octanol–water partition coefficient (Wildman–Crippen LogP) is 1.67. The molecule has 4 nitrogen and oxygen atoms in total. The molecule has 0 N–H and O–H groups in total. The standard InChI is InChI=1S/C13H13ClN2O2/c1-3-10-11(8-4-6-9(14)7-5-8)15-16(2)12(10)13(17)18/h4-7H,3H2,1-2H3,(H,17,18)/p-1. The molecule has 0 fully saturated rings. The first-order valence-corrected chi connectivity index (χ1v) is 5.95. The van der Waals surface area contributed by atoms with Gasteiger partial charge in [-0.15, -0.1) is 0 Å². The Balaban J connectivity index is 2.61. The van der Waals surface area contributed by atoms with E-state index in [4.69, 9.17) is 11.6 Å². The first kappa shape index (κ1) is 12.6.